The van der Waals surface area contributed by atoms with Crippen molar-refractivity contribution in [3.63, 3.8) is 0 Å². The number of ether oxygens (including phenoxy) is 1. The molecule has 0 aromatic heterocycles. The summed E-state index contributed by atoms with van der Waals surface area (Å²) in [6, 6.07) is 11.5. The number of halogens is 2. The van der Waals surface area contributed by atoms with Gasteiger partial charge in [-0.15, -0.1) is 0 Å². The second kappa shape index (κ2) is 12.9. The molecular weight excluding hydrogens is 546 g/mol. The summed E-state index contributed by atoms with van der Waals surface area (Å²) in [6.45, 7) is 4.93. The van der Waals surface area contributed by atoms with Gasteiger partial charge in [0.25, 0.3) is 0 Å². The quantitative estimate of drug-likeness (QED) is 0.374. The zero-order valence-corrected chi connectivity index (χ0v) is 24.9. The Morgan fingerprint density at radius 3 is 2.17 bits per heavy atom. The lowest BCUT2D eigenvalue weighted by Gasteiger charge is -2.44. The number of piperidine rings is 1. The highest BCUT2D eigenvalue weighted by molar-refractivity contribution is 7.90. The first-order valence-electron chi connectivity index (χ1n) is 15.0. The number of likely N-dealkylation sites (N-methyl/N-ethyl adjacent to an activating group) is 1. The molecule has 6 nitrogen and oxygen atoms in total. The van der Waals surface area contributed by atoms with Gasteiger partial charge in [0.05, 0.1) is 11.3 Å². The van der Waals surface area contributed by atoms with Crippen molar-refractivity contribution in [2.75, 3.05) is 32.6 Å². The fourth-order valence-electron chi connectivity index (χ4n) is 7.50. The van der Waals surface area contributed by atoms with E-state index in [0.717, 1.165) is 68.7 Å². The fourth-order valence-corrected chi connectivity index (χ4v) is 8.13. The largest absolute Gasteiger partial charge is 0.381 e. The minimum absolute atomic E-state index is 0.0742. The zero-order chi connectivity index (χ0) is 29.1. The van der Waals surface area contributed by atoms with Crippen molar-refractivity contribution in [2.45, 2.75) is 87.2 Å². The predicted octanol–water partition coefficient (Wildman–Crippen LogP) is 5.36. The predicted molar refractivity (Wildman–Crippen MR) is 154 cm³/mol. The second-order valence-corrected chi connectivity index (χ2v) is 14.1. The van der Waals surface area contributed by atoms with E-state index in [1.54, 1.807) is 24.3 Å². The Labute approximate surface area is 243 Å². The van der Waals surface area contributed by atoms with Gasteiger partial charge < -0.3 is 9.64 Å². The highest BCUT2D eigenvalue weighted by atomic mass is 32.2. The molecule has 1 amide bonds. The second-order valence-electron chi connectivity index (χ2n) is 12.1. The molecule has 224 valence electrons. The highest BCUT2D eigenvalue weighted by Gasteiger charge is 2.43. The lowest BCUT2D eigenvalue weighted by molar-refractivity contribution is -0.134. The zero-order valence-electron chi connectivity index (χ0n) is 24.1. The molecule has 3 fully saturated rings. The third-order valence-electron chi connectivity index (χ3n) is 9.51. The van der Waals surface area contributed by atoms with E-state index >= 15 is 0 Å². The van der Waals surface area contributed by atoms with Crippen molar-refractivity contribution in [1.29, 1.82) is 0 Å². The third-order valence-corrected chi connectivity index (χ3v) is 10.6. The summed E-state index contributed by atoms with van der Waals surface area (Å²) in [4.78, 5) is 18.2. The number of rotatable bonds is 10. The van der Waals surface area contributed by atoms with Crippen LogP contribution in [-0.2, 0) is 25.8 Å². The van der Waals surface area contributed by atoms with Gasteiger partial charge in [-0.1, -0.05) is 12.1 Å². The van der Waals surface area contributed by atoms with Crippen molar-refractivity contribution < 1.29 is 26.7 Å². The smallest absolute Gasteiger partial charge is 0.227 e. The van der Waals surface area contributed by atoms with Crippen LogP contribution >= 0.6 is 0 Å². The van der Waals surface area contributed by atoms with Crippen LogP contribution in [0.5, 0.6) is 0 Å². The van der Waals surface area contributed by atoms with Crippen molar-refractivity contribution >= 4 is 15.7 Å². The molecule has 0 saturated carbocycles. The lowest BCUT2D eigenvalue weighted by atomic mass is 9.79. The van der Waals surface area contributed by atoms with Crippen molar-refractivity contribution in [3.05, 3.63) is 65.2 Å². The molecule has 0 N–H and O–H groups in total. The summed E-state index contributed by atoms with van der Waals surface area (Å²) in [5.74, 6) is -0.531. The number of sulfone groups is 1. The normalized spacial score (nSPS) is 24.3. The third kappa shape index (κ3) is 7.17. The fraction of sp³-hybridized carbons (Fsp3) is 0.594. The monoisotopic (exact) mass is 588 g/mol. The molecule has 0 spiro atoms. The maximum absolute atomic E-state index is 14.2. The van der Waals surface area contributed by atoms with Gasteiger partial charge in [-0.3, -0.25) is 9.69 Å². The van der Waals surface area contributed by atoms with Gasteiger partial charge in [0.15, 0.2) is 9.84 Å². The van der Waals surface area contributed by atoms with Crippen LogP contribution in [-0.4, -0.2) is 74.8 Å². The van der Waals surface area contributed by atoms with Gasteiger partial charge in [0, 0.05) is 50.2 Å². The van der Waals surface area contributed by atoms with E-state index in [1.807, 2.05) is 11.8 Å². The number of carbonyl (C=O) groups excluding carboxylic acids is 1. The molecule has 2 unspecified atom stereocenters. The Hall–Kier alpha value is -2.36. The van der Waals surface area contributed by atoms with Gasteiger partial charge in [-0.05, 0) is 106 Å². The van der Waals surface area contributed by atoms with Crippen LogP contribution in [0.3, 0.4) is 0 Å². The SMILES string of the molecule is CCN(C(=O)Cc1ccc(S(C)(=O)=O)cc1)C1C[C@H]2CC[C@@H](C1)N2CCC(c1cc(F)cc(F)c1)C1CCOCC1. The topological polar surface area (TPSA) is 66.9 Å². The Bertz CT molecular complexity index is 1280. The lowest BCUT2D eigenvalue weighted by Crippen LogP contribution is -2.52. The highest BCUT2D eigenvalue weighted by Crippen LogP contribution is 2.41. The van der Waals surface area contributed by atoms with Gasteiger partial charge in [-0.25, -0.2) is 17.2 Å². The van der Waals surface area contributed by atoms with E-state index in [-0.39, 0.29) is 29.2 Å². The number of fused-ring (bicyclic) bond motifs is 2. The molecule has 0 radical (unpaired) electrons. The summed E-state index contributed by atoms with van der Waals surface area (Å²) >= 11 is 0. The summed E-state index contributed by atoms with van der Waals surface area (Å²) in [5.41, 5.74) is 1.57. The van der Waals surface area contributed by atoms with E-state index in [2.05, 4.69) is 4.90 Å². The minimum atomic E-state index is -3.27. The maximum atomic E-state index is 14.2. The van der Waals surface area contributed by atoms with Crippen LogP contribution < -0.4 is 0 Å². The van der Waals surface area contributed by atoms with E-state index in [4.69, 9.17) is 4.74 Å². The molecule has 9 heteroatoms. The van der Waals surface area contributed by atoms with Gasteiger partial charge in [-0.2, -0.15) is 0 Å². The van der Waals surface area contributed by atoms with Gasteiger partial charge in [0.2, 0.25) is 5.91 Å². The number of benzene rings is 2. The van der Waals surface area contributed by atoms with Crippen LogP contribution in [0.2, 0.25) is 0 Å². The van der Waals surface area contributed by atoms with Crippen LogP contribution in [0.15, 0.2) is 47.4 Å². The molecule has 2 aromatic rings. The van der Waals surface area contributed by atoms with Crippen molar-refractivity contribution in [2.24, 2.45) is 5.92 Å². The summed E-state index contributed by atoms with van der Waals surface area (Å²) in [6.07, 6.45) is 8.17. The molecule has 3 saturated heterocycles. The van der Waals surface area contributed by atoms with Crippen molar-refractivity contribution in [1.82, 2.24) is 9.80 Å². The molecule has 5 rings (SSSR count). The number of nitrogens with zero attached hydrogens (tertiary/aromatic N) is 2. The Balaban J connectivity index is 1.23. The van der Waals surface area contributed by atoms with Gasteiger partial charge >= 0.3 is 0 Å². The molecule has 2 bridgehead atoms. The molecule has 2 aromatic carbocycles. The molecule has 3 aliphatic rings. The number of hydrogen-bond acceptors (Lipinski definition) is 5. The van der Waals surface area contributed by atoms with E-state index in [1.165, 1.54) is 18.4 Å². The molecule has 3 heterocycles. The minimum Gasteiger partial charge on any atom is -0.381 e. The van der Waals surface area contributed by atoms with E-state index in [9.17, 15) is 22.0 Å². The van der Waals surface area contributed by atoms with Crippen LogP contribution in [0.25, 0.3) is 0 Å². The van der Waals surface area contributed by atoms with Crippen LogP contribution in [0.1, 0.15) is 68.9 Å². The molecule has 0 aliphatic carbocycles. The Kier molecular flexibility index (Phi) is 9.46. The summed E-state index contributed by atoms with van der Waals surface area (Å²) < 4.78 is 57.5. The summed E-state index contributed by atoms with van der Waals surface area (Å²) in [7, 11) is -3.27. The van der Waals surface area contributed by atoms with Crippen LogP contribution in [0.4, 0.5) is 8.78 Å². The number of carbonyl (C=O) groups is 1. The van der Waals surface area contributed by atoms with Gasteiger partial charge in [0.1, 0.15) is 11.6 Å². The number of hydrogen-bond donors (Lipinski definition) is 0. The summed E-state index contributed by atoms with van der Waals surface area (Å²) in [5, 5.41) is 0. The first-order valence-corrected chi connectivity index (χ1v) is 16.9. The Morgan fingerprint density at radius 1 is 1.00 bits per heavy atom. The first-order chi connectivity index (χ1) is 19.6. The van der Waals surface area contributed by atoms with Crippen molar-refractivity contribution in [3.8, 4) is 0 Å². The average Bonchev–Trinajstić information content (AvgIpc) is 3.16. The Morgan fingerprint density at radius 2 is 1.61 bits per heavy atom. The average molecular weight is 589 g/mol. The molecule has 3 aliphatic heterocycles. The van der Waals surface area contributed by atoms with Crippen LogP contribution in [0, 0.1) is 17.6 Å². The first kappa shape index (κ1) is 30.1. The molecule has 41 heavy (non-hydrogen) atoms. The van der Waals surface area contributed by atoms with E-state index < -0.39 is 21.5 Å². The standard InChI is InChI=1S/C32H42F2N2O4S/c1-3-35(32(37)16-22-4-8-30(9-5-22)41(2,38)39)29-20-27-6-7-28(21-29)36(27)13-10-31(23-11-14-40-15-12-23)24-17-25(33)19-26(34)18-24/h4-5,8-9,17-19,23,27-29,31H,3,6-7,10-16,20-21H2,1-2H3/t27-,28+,29?,31?. The number of amides is 1. The van der Waals surface area contributed by atoms with E-state index in [0.29, 0.717) is 37.8 Å². The maximum Gasteiger partial charge on any atom is 0.227 e. The molecular formula is C32H42F2N2O4S. The molecule has 4 atom stereocenters.